The predicted molar refractivity (Wildman–Crippen MR) is 114 cm³/mol. The van der Waals surface area contributed by atoms with Crippen LogP contribution in [0.15, 0.2) is 47.6 Å². The highest BCUT2D eigenvalue weighted by Crippen LogP contribution is 2.15. The number of nitrogens with zero attached hydrogens (tertiary/aromatic N) is 2. The lowest BCUT2D eigenvalue weighted by Gasteiger charge is -2.21. The van der Waals surface area contributed by atoms with E-state index >= 15 is 0 Å². The molecule has 1 aromatic heterocycles. The van der Waals surface area contributed by atoms with Gasteiger partial charge < -0.3 is 21.5 Å². The average molecular weight is 417 g/mol. The molecule has 0 radical (unpaired) electrons. The maximum Gasteiger partial charge on any atom is 0.259 e. The van der Waals surface area contributed by atoms with Crippen LogP contribution in [0.25, 0.3) is 0 Å². The number of benzene rings is 1. The zero-order chi connectivity index (χ0) is 22.1. The van der Waals surface area contributed by atoms with E-state index in [1.807, 2.05) is 13.8 Å². The lowest BCUT2D eigenvalue weighted by Crippen LogP contribution is -2.50. The molecule has 0 fully saturated rings. The summed E-state index contributed by atoms with van der Waals surface area (Å²) in [4.78, 5) is 21.0. The van der Waals surface area contributed by atoms with E-state index < -0.39 is 12.2 Å². The van der Waals surface area contributed by atoms with Gasteiger partial charge in [-0.1, -0.05) is 26.0 Å². The minimum absolute atomic E-state index is 0.253. The van der Waals surface area contributed by atoms with E-state index in [0.29, 0.717) is 30.3 Å². The maximum atomic E-state index is 13.1. The number of halogens is 1. The van der Waals surface area contributed by atoms with Crippen molar-refractivity contribution in [3.63, 3.8) is 0 Å². The van der Waals surface area contributed by atoms with Crippen LogP contribution in [-0.4, -0.2) is 36.7 Å². The monoisotopic (exact) mass is 416 g/mol. The number of aromatic nitrogens is 1. The molecule has 0 saturated carbocycles. The molecule has 2 unspecified atom stereocenters. The highest BCUT2D eigenvalue weighted by molar-refractivity contribution is 6.05. The number of guanidine groups is 1. The summed E-state index contributed by atoms with van der Waals surface area (Å²) >= 11 is 0. The van der Waals surface area contributed by atoms with Crippen molar-refractivity contribution in [1.82, 2.24) is 15.6 Å². The number of hydrogen-bond acceptors (Lipinski definition) is 6. The quantitative estimate of drug-likeness (QED) is 0.296. The summed E-state index contributed by atoms with van der Waals surface area (Å²) in [5, 5.41) is 5.73. The van der Waals surface area contributed by atoms with Crippen molar-refractivity contribution in [2.24, 2.45) is 22.4 Å². The highest BCUT2D eigenvalue weighted by Gasteiger charge is 2.16. The molecule has 1 heterocycles. The van der Waals surface area contributed by atoms with Crippen molar-refractivity contribution >= 4 is 11.9 Å². The molecule has 2 aromatic rings. The van der Waals surface area contributed by atoms with Crippen LogP contribution < -0.4 is 26.8 Å². The molecule has 2 rings (SSSR count). The summed E-state index contributed by atoms with van der Waals surface area (Å²) in [7, 11) is 1.50. The van der Waals surface area contributed by atoms with E-state index in [1.54, 1.807) is 24.3 Å². The molecule has 8 nitrogen and oxygen atoms in total. The second-order valence-electron chi connectivity index (χ2n) is 7.27. The number of rotatable bonds is 8. The van der Waals surface area contributed by atoms with Crippen LogP contribution >= 0.6 is 0 Å². The van der Waals surface area contributed by atoms with Gasteiger partial charge >= 0.3 is 0 Å². The molecule has 0 aliphatic heterocycles. The van der Waals surface area contributed by atoms with Gasteiger partial charge in [0.2, 0.25) is 5.88 Å². The Morgan fingerprint density at radius 3 is 2.47 bits per heavy atom. The molecule has 162 valence electrons. The predicted octanol–water partition coefficient (Wildman–Crippen LogP) is 1.94. The summed E-state index contributed by atoms with van der Waals surface area (Å²) in [6.07, 6.45) is 1.19. The fraction of sp³-hybridized carbons (Fsp3) is 0.381. The van der Waals surface area contributed by atoms with Gasteiger partial charge in [-0.05, 0) is 36.1 Å². The van der Waals surface area contributed by atoms with E-state index in [-0.39, 0.29) is 17.7 Å². The van der Waals surface area contributed by atoms with Gasteiger partial charge in [0.1, 0.15) is 5.82 Å². The first-order valence-electron chi connectivity index (χ1n) is 9.67. The number of pyridine rings is 1. The minimum atomic E-state index is -0.578. The SMILES string of the molecule is COc1ccc(C(=O)NC(=NCC(C)C)NC(N)CC(N)c2ccc(F)cc2)cn1. The normalized spacial score (nSPS) is 13.6. The van der Waals surface area contributed by atoms with Crippen LogP contribution in [0.5, 0.6) is 5.88 Å². The second kappa shape index (κ2) is 11.2. The van der Waals surface area contributed by atoms with Crippen molar-refractivity contribution in [1.29, 1.82) is 0 Å². The summed E-state index contributed by atoms with van der Waals surface area (Å²) in [6, 6.07) is 8.75. The molecule has 2 atom stereocenters. The zero-order valence-corrected chi connectivity index (χ0v) is 17.4. The van der Waals surface area contributed by atoms with E-state index in [2.05, 4.69) is 20.6 Å². The third-order valence-corrected chi connectivity index (χ3v) is 4.18. The molecular weight excluding hydrogens is 387 g/mol. The van der Waals surface area contributed by atoms with Gasteiger partial charge in [-0.2, -0.15) is 0 Å². The number of ether oxygens (including phenoxy) is 1. The Kier molecular flexibility index (Phi) is 8.70. The largest absolute Gasteiger partial charge is 0.481 e. The van der Waals surface area contributed by atoms with Gasteiger partial charge in [-0.3, -0.25) is 15.1 Å². The number of methoxy groups -OCH3 is 1. The topological polar surface area (TPSA) is 128 Å². The van der Waals surface area contributed by atoms with E-state index in [4.69, 9.17) is 16.2 Å². The van der Waals surface area contributed by atoms with E-state index in [0.717, 1.165) is 5.56 Å². The first-order chi connectivity index (χ1) is 14.3. The second-order valence-corrected chi connectivity index (χ2v) is 7.27. The number of carbonyl (C=O) groups is 1. The third kappa shape index (κ3) is 7.41. The van der Waals surface area contributed by atoms with E-state index in [9.17, 15) is 9.18 Å². The Morgan fingerprint density at radius 2 is 1.90 bits per heavy atom. The molecule has 0 aliphatic carbocycles. The Bertz CT molecular complexity index is 840. The first-order valence-corrected chi connectivity index (χ1v) is 9.67. The standard InChI is InChI=1S/C21H29FN6O2/c1-13(2)11-26-21(28-20(29)15-6-9-19(30-3)25-12-15)27-18(24)10-17(23)14-4-7-16(22)8-5-14/h4-9,12-13,17-18H,10-11,23-24H2,1-3H3,(H2,26,27,28,29). The van der Waals surface area contributed by atoms with Crippen molar-refractivity contribution in [3.05, 3.63) is 59.5 Å². The van der Waals surface area contributed by atoms with E-state index in [1.165, 1.54) is 25.4 Å². The summed E-state index contributed by atoms with van der Waals surface area (Å²) < 4.78 is 18.1. The number of amides is 1. The average Bonchev–Trinajstić information content (AvgIpc) is 2.72. The van der Waals surface area contributed by atoms with Gasteiger partial charge in [0, 0.05) is 24.8 Å². The third-order valence-electron chi connectivity index (χ3n) is 4.18. The molecule has 0 spiro atoms. The van der Waals surface area contributed by atoms with Gasteiger partial charge in [0.05, 0.1) is 18.8 Å². The Balaban J connectivity index is 2.03. The molecule has 1 amide bonds. The van der Waals surface area contributed by atoms with Crippen molar-refractivity contribution in [2.75, 3.05) is 13.7 Å². The molecule has 0 aliphatic rings. The Labute approximate surface area is 175 Å². The molecule has 6 N–H and O–H groups in total. The number of aliphatic imine (C=N–C) groups is 1. The Hall–Kier alpha value is -3.04. The minimum Gasteiger partial charge on any atom is -0.481 e. The van der Waals surface area contributed by atoms with Gasteiger partial charge in [-0.15, -0.1) is 0 Å². The van der Waals surface area contributed by atoms with Crippen LogP contribution in [0.3, 0.4) is 0 Å². The molecule has 1 aromatic carbocycles. The molecule has 9 heteroatoms. The van der Waals surface area contributed by atoms with Crippen LogP contribution in [0.1, 0.15) is 42.2 Å². The number of nitrogens with one attached hydrogen (secondary N) is 2. The van der Waals surface area contributed by atoms with Crippen molar-refractivity contribution < 1.29 is 13.9 Å². The van der Waals surface area contributed by atoms with Crippen LogP contribution in [-0.2, 0) is 0 Å². The summed E-state index contributed by atoms with van der Waals surface area (Å²) in [5.74, 6) is 0.250. The Morgan fingerprint density at radius 1 is 1.20 bits per heavy atom. The molecular formula is C21H29FN6O2. The van der Waals surface area contributed by atoms with Gasteiger partial charge in [0.25, 0.3) is 5.91 Å². The fourth-order valence-corrected chi connectivity index (χ4v) is 2.56. The number of carbonyl (C=O) groups excluding carboxylic acids is 1. The van der Waals surface area contributed by atoms with Crippen LogP contribution in [0.2, 0.25) is 0 Å². The van der Waals surface area contributed by atoms with Crippen LogP contribution in [0.4, 0.5) is 4.39 Å². The molecule has 0 bridgehead atoms. The van der Waals surface area contributed by atoms with Crippen molar-refractivity contribution in [2.45, 2.75) is 32.5 Å². The summed E-state index contributed by atoms with van der Waals surface area (Å²) in [5.41, 5.74) is 13.5. The lowest BCUT2D eigenvalue weighted by atomic mass is 10.0. The summed E-state index contributed by atoms with van der Waals surface area (Å²) in [6.45, 7) is 4.53. The van der Waals surface area contributed by atoms with Crippen LogP contribution in [0, 0.1) is 11.7 Å². The van der Waals surface area contributed by atoms with Gasteiger partial charge in [-0.25, -0.2) is 9.37 Å². The number of hydrogen-bond donors (Lipinski definition) is 4. The maximum absolute atomic E-state index is 13.1. The highest BCUT2D eigenvalue weighted by atomic mass is 19.1. The first kappa shape index (κ1) is 23.2. The fourth-order valence-electron chi connectivity index (χ4n) is 2.56. The van der Waals surface area contributed by atoms with Gasteiger partial charge in [0.15, 0.2) is 5.96 Å². The smallest absolute Gasteiger partial charge is 0.259 e. The van der Waals surface area contributed by atoms with Crippen molar-refractivity contribution in [3.8, 4) is 5.88 Å². The molecule has 30 heavy (non-hydrogen) atoms. The molecule has 0 saturated heterocycles. The number of nitrogens with two attached hydrogens (primary N) is 2. The lowest BCUT2D eigenvalue weighted by molar-refractivity contribution is 0.0975. The zero-order valence-electron chi connectivity index (χ0n) is 17.4.